The van der Waals surface area contributed by atoms with Crippen LogP contribution in [-0.2, 0) is 0 Å². The van der Waals surface area contributed by atoms with Gasteiger partial charge in [-0.05, 0) is 20.8 Å². The largest absolute Gasteiger partial charge is 0.323 e. The molecule has 0 aromatic carbocycles. The molecule has 0 spiro atoms. The standard InChI is InChI=1S/C10H14N4/c1-6-4-10-13-9(7(2)11)5-14(10)8(3)12-6/h4-5,7H,11H2,1-3H3. The van der Waals surface area contributed by atoms with Crippen molar-refractivity contribution in [1.29, 1.82) is 0 Å². The van der Waals surface area contributed by atoms with E-state index in [-0.39, 0.29) is 6.04 Å². The lowest BCUT2D eigenvalue weighted by molar-refractivity contribution is 0.789. The van der Waals surface area contributed by atoms with Gasteiger partial charge in [0.05, 0.1) is 5.69 Å². The van der Waals surface area contributed by atoms with Crippen molar-refractivity contribution in [1.82, 2.24) is 14.4 Å². The number of hydrogen-bond donors (Lipinski definition) is 1. The lowest BCUT2D eigenvalue weighted by Gasteiger charge is -1.99. The summed E-state index contributed by atoms with van der Waals surface area (Å²) in [6, 6.07) is 1.92. The van der Waals surface area contributed by atoms with Gasteiger partial charge < -0.3 is 5.73 Å². The van der Waals surface area contributed by atoms with Crippen LogP contribution in [0.1, 0.15) is 30.2 Å². The molecule has 2 N–H and O–H groups in total. The first-order valence-corrected chi connectivity index (χ1v) is 4.67. The zero-order chi connectivity index (χ0) is 10.3. The molecule has 0 saturated carbocycles. The van der Waals surface area contributed by atoms with Crippen molar-refractivity contribution < 1.29 is 0 Å². The number of nitrogens with two attached hydrogens (primary N) is 1. The first kappa shape index (κ1) is 9.15. The van der Waals surface area contributed by atoms with E-state index in [4.69, 9.17) is 5.73 Å². The molecule has 4 heteroatoms. The van der Waals surface area contributed by atoms with Crippen LogP contribution in [0.15, 0.2) is 12.3 Å². The minimum Gasteiger partial charge on any atom is -0.323 e. The number of nitrogens with zero attached hydrogens (tertiary/aromatic N) is 3. The van der Waals surface area contributed by atoms with Crippen LogP contribution < -0.4 is 5.73 Å². The number of fused-ring (bicyclic) bond motifs is 1. The molecule has 2 aromatic heterocycles. The van der Waals surface area contributed by atoms with Crippen LogP contribution in [0.3, 0.4) is 0 Å². The highest BCUT2D eigenvalue weighted by Crippen LogP contribution is 2.12. The molecule has 0 aliphatic carbocycles. The summed E-state index contributed by atoms with van der Waals surface area (Å²) in [5.41, 5.74) is 8.57. The molecule has 0 bridgehead atoms. The smallest absolute Gasteiger partial charge is 0.140 e. The molecule has 1 atom stereocenters. The predicted octanol–water partition coefficient (Wildman–Crippen LogP) is 1.37. The van der Waals surface area contributed by atoms with Gasteiger partial charge >= 0.3 is 0 Å². The molecule has 2 rings (SSSR count). The maximum absolute atomic E-state index is 5.77. The molecule has 2 heterocycles. The van der Waals surface area contributed by atoms with Crippen LogP contribution in [0, 0.1) is 13.8 Å². The fourth-order valence-electron chi connectivity index (χ4n) is 1.52. The fraction of sp³-hybridized carbons (Fsp3) is 0.400. The van der Waals surface area contributed by atoms with Crippen molar-refractivity contribution in [2.75, 3.05) is 0 Å². The van der Waals surface area contributed by atoms with Crippen molar-refractivity contribution in [3.8, 4) is 0 Å². The van der Waals surface area contributed by atoms with Crippen LogP contribution in [0.2, 0.25) is 0 Å². The summed E-state index contributed by atoms with van der Waals surface area (Å²) in [6.45, 7) is 5.86. The molecule has 0 aliphatic heterocycles. The number of aryl methyl sites for hydroxylation is 2. The normalized spacial score (nSPS) is 13.4. The quantitative estimate of drug-likeness (QED) is 0.738. The molecule has 2 aromatic rings. The van der Waals surface area contributed by atoms with E-state index < -0.39 is 0 Å². The zero-order valence-electron chi connectivity index (χ0n) is 8.65. The lowest BCUT2D eigenvalue weighted by Crippen LogP contribution is -2.04. The van der Waals surface area contributed by atoms with Gasteiger partial charge in [-0.2, -0.15) is 0 Å². The van der Waals surface area contributed by atoms with Crippen molar-refractivity contribution in [3.63, 3.8) is 0 Å². The Kier molecular flexibility index (Phi) is 2.00. The van der Waals surface area contributed by atoms with Crippen LogP contribution >= 0.6 is 0 Å². The molecule has 0 radical (unpaired) electrons. The maximum Gasteiger partial charge on any atom is 0.140 e. The van der Waals surface area contributed by atoms with Gasteiger partial charge in [0.15, 0.2) is 0 Å². The molecule has 0 saturated heterocycles. The molecular formula is C10H14N4. The van der Waals surface area contributed by atoms with Crippen LogP contribution in [-0.4, -0.2) is 14.4 Å². The number of aromatic nitrogens is 3. The minimum absolute atomic E-state index is 0.0328. The van der Waals surface area contributed by atoms with Crippen LogP contribution in [0.5, 0.6) is 0 Å². The van der Waals surface area contributed by atoms with Crippen molar-refractivity contribution in [2.45, 2.75) is 26.8 Å². The van der Waals surface area contributed by atoms with Gasteiger partial charge in [0, 0.05) is 24.0 Å². The van der Waals surface area contributed by atoms with Crippen molar-refractivity contribution in [2.24, 2.45) is 5.73 Å². The molecule has 4 nitrogen and oxygen atoms in total. The summed E-state index contributed by atoms with van der Waals surface area (Å²) in [4.78, 5) is 8.79. The second kappa shape index (κ2) is 3.06. The third kappa shape index (κ3) is 1.37. The van der Waals surface area contributed by atoms with Gasteiger partial charge in [-0.3, -0.25) is 4.40 Å². The summed E-state index contributed by atoms with van der Waals surface area (Å²) < 4.78 is 1.96. The van der Waals surface area contributed by atoms with Crippen LogP contribution in [0.4, 0.5) is 0 Å². The number of rotatable bonds is 1. The highest BCUT2D eigenvalue weighted by Gasteiger charge is 2.07. The van der Waals surface area contributed by atoms with E-state index in [9.17, 15) is 0 Å². The minimum atomic E-state index is -0.0328. The maximum atomic E-state index is 5.77. The van der Waals surface area contributed by atoms with Gasteiger partial charge in [0.2, 0.25) is 0 Å². The Balaban J connectivity index is 2.70. The van der Waals surface area contributed by atoms with Crippen LogP contribution in [0.25, 0.3) is 5.65 Å². The van der Waals surface area contributed by atoms with Gasteiger partial charge in [-0.25, -0.2) is 9.97 Å². The first-order chi connectivity index (χ1) is 6.58. The zero-order valence-corrected chi connectivity index (χ0v) is 8.65. The molecule has 74 valence electrons. The summed E-state index contributed by atoms with van der Waals surface area (Å²) in [5, 5.41) is 0. The van der Waals surface area contributed by atoms with Gasteiger partial charge in [-0.15, -0.1) is 0 Å². The van der Waals surface area contributed by atoms with Gasteiger partial charge in [0.25, 0.3) is 0 Å². The van der Waals surface area contributed by atoms with E-state index >= 15 is 0 Å². The van der Waals surface area contributed by atoms with E-state index in [2.05, 4.69) is 9.97 Å². The third-order valence-corrected chi connectivity index (χ3v) is 2.24. The van der Waals surface area contributed by atoms with Crippen molar-refractivity contribution in [3.05, 3.63) is 29.5 Å². The molecule has 0 fully saturated rings. The Morgan fingerprint density at radius 2 is 2.07 bits per heavy atom. The highest BCUT2D eigenvalue weighted by atomic mass is 15.1. The second-order valence-electron chi connectivity index (χ2n) is 3.63. The monoisotopic (exact) mass is 190 g/mol. The first-order valence-electron chi connectivity index (χ1n) is 4.67. The molecular weight excluding hydrogens is 176 g/mol. The Labute approximate surface area is 82.8 Å². The van der Waals surface area contributed by atoms with E-state index in [1.165, 1.54) is 0 Å². The molecule has 14 heavy (non-hydrogen) atoms. The average Bonchev–Trinajstić information content (AvgIpc) is 2.47. The topological polar surface area (TPSA) is 56.2 Å². The van der Waals surface area contributed by atoms with E-state index in [1.807, 2.05) is 37.4 Å². The Bertz CT molecular complexity index is 470. The summed E-state index contributed by atoms with van der Waals surface area (Å²) >= 11 is 0. The average molecular weight is 190 g/mol. The van der Waals surface area contributed by atoms with E-state index in [1.54, 1.807) is 0 Å². The molecule has 0 amide bonds. The third-order valence-electron chi connectivity index (χ3n) is 2.24. The summed E-state index contributed by atoms with van der Waals surface area (Å²) in [5.74, 6) is 0.944. The molecule has 0 aliphatic rings. The Morgan fingerprint density at radius 1 is 1.36 bits per heavy atom. The Hall–Kier alpha value is -1.42. The summed E-state index contributed by atoms with van der Waals surface area (Å²) in [7, 11) is 0. The van der Waals surface area contributed by atoms with Gasteiger partial charge in [-0.1, -0.05) is 0 Å². The SMILES string of the molecule is Cc1cc2nc(C(C)N)cn2c(C)n1. The van der Waals surface area contributed by atoms with E-state index in [0.717, 1.165) is 22.9 Å². The van der Waals surface area contributed by atoms with E-state index in [0.29, 0.717) is 0 Å². The predicted molar refractivity (Wildman–Crippen MR) is 55.1 cm³/mol. The summed E-state index contributed by atoms with van der Waals surface area (Å²) in [6.07, 6.45) is 1.95. The number of hydrogen-bond acceptors (Lipinski definition) is 3. The second-order valence-corrected chi connectivity index (χ2v) is 3.63. The fourth-order valence-corrected chi connectivity index (χ4v) is 1.52. The molecule has 1 unspecified atom stereocenters. The van der Waals surface area contributed by atoms with Crippen molar-refractivity contribution >= 4 is 5.65 Å². The van der Waals surface area contributed by atoms with Gasteiger partial charge in [0.1, 0.15) is 11.5 Å². The highest BCUT2D eigenvalue weighted by molar-refractivity contribution is 5.42. The number of imidazole rings is 1. The lowest BCUT2D eigenvalue weighted by atomic mass is 10.3. The Morgan fingerprint density at radius 3 is 2.71 bits per heavy atom.